The van der Waals surface area contributed by atoms with Gasteiger partial charge in [0.15, 0.2) is 5.96 Å². The number of rotatable bonds is 6. The highest BCUT2D eigenvalue weighted by atomic mass is 127. The number of nitrogens with zero attached hydrogens (tertiary/aromatic N) is 2. The van der Waals surface area contributed by atoms with Crippen LogP contribution in [-0.4, -0.2) is 38.5 Å². The molecule has 0 bridgehead atoms. The average molecular weight is 472 g/mol. The molecule has 0 spiro atoms. The summed E-state index contributed by atoms with van der Waals surface area (Å²) in [7, 11) is 6.03. The number of halogens is 1. The number of hydrogen-bond donors (Lipinski definition) is 2. The van der Waals surface area contributed by atoms with E-state index in [2.05, 4.69) is 84.2 Å². The van der Waals surface area contributed by atoms with Crippen LogP contribution in [0.3, 0.4) is 0 Å². The van der Waals surface area contributed by atoms with Crippen molar-refractivity contribution in [2.75, 3.05) is 27.7 Å². The molecule has 2 N–H and O–H groups in total. The van der Waals surface area contributed by atoms with Gasteiger partial charge in [0, 0.05) is 25.0 Å². The number of aryl methyl sites for hydroxylation is 2. The van der Waals surface area contributed by atoms with Crippen molar-refractivity contribution >= 4 is 41.3 Å². The molecule has 138 valence electrons. The first-order chi connectivity index (χ1) is 11.5. The largest absolute Gasteiger partial charge is 0.354 e. The second-order valence-electron chi connectivity index (χ2n) is 6.23. The minimum Gasteiger partial charge on any atom is -0.354 e. The van der Waals surface area contributed by atoms with E-state index in [1.807, 2.05) is 7.05 Å². The molecule has 0 saturated heterocycles. The summed E-state index contributed by atoms with van der Waals surface area (Å²) in [6, 6.07) is 11.2. The maximum Gasteiger partial charge on any atom is 0.191 e. The molecule has 0 fully saturated rings. The van der Waals surface area contributed by atoms with E-state index < -0.39 is 0 Å². The summed E-state index contributed by atoms with van der Waals surface area (Å²) in [4.78, 5) is 7.93. The topological polar surface area (TPSA) is 39.7 Å². The van der Waals surface area contributed by atoms with Crippen molar-refractivity contribution in [2.45, 2.75) is 26.4 Å². The Bertz CT molecular complexity index is 668. The standard InChI is InChI=1S/C19H28N4S.HI/c1-14-8-9-16(15(2)11-14)12-21-19(20-3)22-13-17(23(4)5)18-7-6-10-24-18;/h6-11,17H,12-13H2,1-5H3,(H2,20,21,22);1H. The van der Waals surface area contributed by atoms with Crippen molar-refractivity contribution in [3.63, 3.8) is 0 Å². The van der Waals surface area contributed by atoms with Crippen molar-refractivity contribution in [2.24, 2.45) is 4.99 Å². The summed E-state index contributed by atoms with van der Waals surface area (Å²) < 4.78 is 0. The number of likely N-dealkylation sites (N-methyl/N-ethyl adjacent to an activating group) is 1. The zero-order chi connectivity index (χ0) is 17.5. The van der Waals surface area contributed by atoms with Gasteiger partial charge < -0.3 is 15.5 Å². The van der Waals surface area contributed by atoms with Gasteiger partial charge in [0.05, 0.1) is 6.04 Å². The Balaban J connectivity index is 0.00000312. The maximum absolute atomic E-state index is 4.34. The van der Waals surface area contributed by atoms with Crippen LogP contribution in [0.15, 0.2) is 40.7 Å². The lowest BCUT2D eigenvalue weighted by Gasteiger charge is -2.24. The second-order valence-corrected chi connectivity index (χ2v) is 7.21. The highest BCUT2D eigenvalue weighted by Gasteiger charge is 2.15. The number of benzene rings is 1. The van der Waals surface area contributed by atoms with Crippen molar-refractivity contribution in [1.29, 1.82) is 0 Å². The molecule has 0 aliphatic rings. The van der Waals surface area contributed by atoms with Gasteiger partial charge in [-0.3, -0.25) is 4.99 Å². The number of nitrogens with one attached hydrogen (secondary N) is 2. The monoisotopic (exact) mass is 472 g/mol. The lowest BCUT2D eigenvalue weighted by molar-refractivity contribution is 0.302. The van der Waals surface area contributed by atoms with Crippen molar-refractivity contribution in [1.82, 2.24) is 15.5 Å². The number of hydrogen-bond acceptors (Lipinski definition) is 3. The zero-order valence-electron chi connectivity index (χ0n) is 15.7. The lowest BCUT2D eigenvalue weighted by Crippen LogP contribution is -2.41. The normalized spacial score (nSPS) is 12.6. The molecule has 1 aromatic heterocycles. The quantitative estimate of drug-likeness (QED) is 0.380. The van der Waals surface area contributed by atoms with E-state index in [-0.39, 0.29) is 24.0 Å². The van der Waals surface area contributed by atoms with E-state index in [0.717, 1.165) is 19.0 Å². The molecule has 0 radical (unpaired) electrons. The molecule has 25 heavy (non-hydrogen) atoms. The van der Waals surface area contributed by atoms with Crippen LogP contribution >= 0.6 is 35.3 Å². The predicted octanol–water partition coefficient (Wildman–Crippen LogP) is 3.95. The van der Waals surface area contributed by atoms with Crippen LogP contribution in [0.4, 0.5) is 0 Å². The Morgan fingerprint density at radius 1 is 1.20 bits per heavy atom. The Morgan fingerprint density at radius 2 is 1.96 bits per heavy atom. The zero-order valence-corrected chi connectivity index (χ0v) is 18.8. The molecule has 0 aliphatic carbocycles. The smallest absolute Gasteiger partial charge is 0.191 e. The van der Waals surface area contributed by atoms with Gasteiger partial charge in [-0.15, -0.1) is 35.3 Å². The molecule has 6 heteroatoms. The number of aliphatic imine (C=N–C) groups is 1. The summed E-state index contributed by atoms with van der Waals surface area (Å²) >= 11 is 1.79. The summed E-state index contributed by atoms with van der Waals surface area (Å²) in [6.45, 7) is 5.87. The number of thiophene rings is 1. The summed E-state index contributed by atoms with van der Waals surface area (Å²) in [5.74, 6) is 0.832. The fourth-order valence-electron chi connectivity index (χ4n) is 2.66. The molecular weight excluding hydrogens is 443 g/mol. The van der Waals surface area contributed by atoms with E-state index in [1.165, 1.54) is 21.6 Å². The van der Waals surface area contributed by atoms with E-state index in [1.54, 1.807) is 11.3 Å². The van der Waals surface area contributed by atoms with Gasteiger partial charge in [0.1, 0.15) is 0 Å². The van der Waals surface area contributed by atoms with Gasteiger partial charge in [-0.25, -0.2) is 0 Å². The van der Waals surface area contributed by atoms with Crippen LogP contribution in [0.5, 0.6) is 0 Å². The van der Waals surface area contributed by atoms with Crippen LogP contribution < -0.4 is 10.6 Å². The third-order valence-corrected chi connectivity index (χ3v) is 5.10. The van der Waals surface area contributed by atoms with E-state index in [0.29, 0.717) is 6.04 Å². The van der Waals surface area contributed by atoms with Gasteiger partial charge in [0.2, 0.25) is 0 Å². The molecule has 1 atom stereocenters. The van der Waals surface area contributed by atoms with Gasteiger partial charge >= 0.3 is 0 Å². The van der Waals surface area contributed by atoms with E-state index in [4.69, 9.17) is 0 Å². The summed E-state index contributed by atoms with van der Waals surface area (Å²) in [5.41, 5.74) is 3.90. The van der Waals surface area contributed by atoms with Crippen LogP contribution in [0, 0.1) is 13.8 Å². The molecule has 1 aromatic carbocycles. The fourth-order valence-corrected chi connectivity index (χ4v) is 3.58. The van der Waals surface area contributed by atoms with Crippen molar-refractivity contribution in [3.05, 3.63) is 57.3 Å². The summed E-state index contributed by atoms with van der Waals surface area (Å²) in [6.07, 6.45) is 0. The molecule has 0 aliphatic heterocycles. The van der Waals surface area contributed by atoms with Crippen molar-refractivity contribution in [3.8, 4) is 0 Å². The first kappa shape index (κ1) is 21.9. The van der Waals surface area contributed by atoms with Gasteiger partial charge in [0.25, 0.3) is 0 Å². The van der Waals surface area contributed by atoms with Gasteiger partial charge in [-0.05, 0) is 50.5 Å². The van der Waals surface area contributed by atoms with Gasteiger partial charge in [-0.1, -0.05) is 29.8 Å². The van der Waals surface area contributed by atoms with Gasteiger partial charge in [-0.2, -0.15) is 0 Å². The van der Waals surface area contributed by atoms with E-state index >= 15 is 0 Å². The Hall–Kier alpha value is -1.12. The maximum atomic E-state index is 4.34. The SMILES string of the molecule is CN=C(NCc1ccc(C)cc1C)NCC(c1cccs1)N(C)C.I. The molecule has 4 nitrogen and oxygen atoms in total. The van der Waals surface area contributed by atoms with Crippen molar-refractivity contribution < 1.29 is 0 Å². The minimum absolute atomic E-state index is 0. The van der Waals surface area contributed by atoms with Crippen LogP contribution in [0.2, 0.25) is 0 Å². The van der Waals surface area contributed by atoms with Crippen LogP contribution in [0.1, 0.15) is 27.6 Å². The average Bonchev–Trinajstić information content (AvgIpc) is 3.05. The first-order valence-corrected chi connectivity index (χ1v) is 9.09. The molecule has 0 amide bonds. The van der Waals surface area contributed by atoms with Crippen LogP contribution in [-0.2, 0) is 6.54 Å². The highest BCUT2D eigenvalue weighted by Crippen LogP contribution is 2.22. The highest BCUT2D eigenvalue weighted by molar-refractivity contribution is 14.0. The fraction of sp³-hybridized carbons (Fsp3) is 0.421. The molecule has 2 rings (SSSR count). The molecule has 2 aromatic rings. The lowest BCUT2D eigenvalue weighted by atomic mass is 10.1. The Labute approximate surface area is 172 Å². The van der Waals surface area contributed by atoms with E-state index in [9.17, 15) is 0 Å². The predicted molar refractivity (Wildman–Crippen MR) is 120 cm³/mol. The molecule has 0 saturated carbocycles. The molecular formula is C19H29IN4S. The third-order valence-electron chi connectivity index (χ3n) is 4.13. The first-order valence-electron chi connectivity index (χ1n) is 8.21. The third kappa shape index (κ3) is 6.60. The molecule has 1 heterocycles. The minimum atomic E-state index is 0. The Kier molecular flexibility index (Phi) is 9.45. The van der Waals surface area contributed by atoms with Crippen LogP contribution in [0.25, 0.3) is 0 Å². The molecule has 1 unspecified atom stereocenters. The Morgan fingerprint density at radius 3 is 2.52 bits per heavy atom. The summed E-state index contributed by atoms with van der Waals surface area (Å²) in [5, 5.41) is 8.98. The second kappa shape index (κ2) is 10.8. The number of guanidine groups is 1.